The van der Waals surface area contributed by atoms with Gasteiger partial charge in [-0.05, 0) is 30.5 Å². The van der Waals surface area contributed by atoms with Crippen LogP contribution in [-0.2, 0) is 99.1 Å². The van der Waals surface area contributed by atoms with Crippen molar-refractivity contribution in [2.75, 3.05) is 6.61 Å². The molecule has 1 heterocycles. The number of rotatable bonds is 21. The van der Waals surface area contributed by atoms with Gasteiger partial charge in [-0.3, -0.25) is 47.9 Å². The lowest BCUT2D eigenvalue weighted by molar-refractivity contribution is -0.159. The van der Waals surface area contributed by atoms with Crippen LogP contribution in [0.4, 0.5) is 0 Å². The summed E-state index contributed by atoms with van der Waals surface area (Å²) >= 11 is 0. The Balaban J connectivity index is -0.000000146. The zero-order valence-electron chi connectivity index (χ0n) is 43.1. The quantitative estimate of drug-likeness (QED) is 0.0617. The number of hydrogen-bond donors (Lipinski definition) is 12. The molecule has 78 heavy (non-hydrogen) atoms. The van der Waals surface area contributed by atoms with Crippen LogP contribution < -0.4 is 0 Å². The summed E-state index contributed by atoms with van der Waals surface area (Å²) in [5.41, 5.74) is 0.0845. The molecule has 1 atom stereocenters. The van der Waals surface area contributed by atoms with E-state index in [0.717, 1.165) is 5.56 Å². The molecule has 0 saturated carbocycles. The maximum atomic E-state index is 10.6. The highest BCUT2D eigenvalue weighted by Gasteiger charge is 2.27. The molecule has 0 aliphatic carbocycles. The van der Waals surface area contributed by atoms with E-state index in [9.17, 15) is 86.3 Å². The van der Waals surface area contributed by atoms with Crippen LogP contribution in [0.1, 0.15) is 98.8 Å². The SMILES string of the molecule is CC(C)(C)C(=O)C(=O)O.CC(C)C(=O)C(=O)O.CCC(C)C(=O)C(=O)O.CCCC(=O)C(=O)O.O=C(O)C(=O)C(=O)O.O=C(O)C(=O)CO.O=C(O)CCC(=O)C(=O)O.O=C(O)Cc1ccccc1.O=C(O)Cc1ccco1. The number of hydrogen-bond acceptors (Lipinski definition) is 20. The van der Waals surface area contributed by atoms with E-state index in [0.29, 0.717) is 18.6 Å². The van der Waals surface area contributed by atoms with E-state index < -0.39 is 137 Å². The van der Waals surface area contributed by atoms with E-state index in [-0.39, 0.29) is 25.2 Å². The minimum atomic E-state index is -1.95. The van der Waals surface area contributed by atoms with E-state index >= 15 is 0 Å². The van der Waals surface area contributed by atoms with Crippen LogP contribution in [0.5, 0.6) is 0 Å². The first-order chi connectivity index (χ1) is 35.5. The Bertz CT molecular complexity index is 2320. The molecule has 1 aromatic heterocycles. The monoisotopic (exact) mass is 1120 g/mol. The van der Waals surface area contributed by atoms with Crippen molar-refractivity contribution < 1.29 is 152 Å². The Morgan fingerprint density at radius 1 is 0.462 bits per heavy atom. The van der Waals surface area contributed by atoms with Crippen molar-refractivity contribution in [1.82, 2.24) is 0 Å². The molecule has 0 aliphatic heterocycles. The van der Waals surface area contributed by atoms with Crippen LogP contribution in [0.25, 0.3) is 0 Å². The molecule has 0 saturated heterocycles. The van der Waals surface area contributed by atoms with Gasteiger partial charge in [0.1, 0.15) is 18.8 Å². The van der Waals surface area contributed by atoms with Gasteiger partial charge in [0.15, 0.2) is 0 Å². The first-order valence-electron chi connectivity index (χ1n) is 21.5. The van der Waals surface area contributed by atoms with Gasteiger partial charge < -0.3 is 65.7 Å². The summed E-state index contributed by atoms with van der Waals surface area (Å²) in [4.78, 5) is 178. The average molecular weight is 1120 g/mol. The fourth-order valence-electron chi connectivity index (χ4n) is 3.12. The van der Waals surface area contributed by atoms with Crippen molar-refractivity contribution in [2.24, 2.45) is 17.3 Å². The standard InChI is InChI=1S/C8H8O2.C6H6O3.2C6H10O3.C5H6O5.2C5H8O3.C3H2O5.C3H4O4/c9-8(10)6-7-4-2-1-3-5-7;7-6(8)4-5-2-1-3-9-5;1-6(2,3)4(7)5(8)9;1-3-4(2)5(7)6(8)9;6-3(5(9)10)1-2-4(7)8;1-3(2)4(6)5(7)8;1-2-3-4(6)5(7)8;4-1(2(5)6)3(7)8;4-1-2(5)3(6)7/h1-5H,6H2,(H,9,10);1-3H,4H2,(H,7,8);1-3H3,(H,8,9);4H,3H2,1-2H3,(H,8,9);1-2H2,(H,7,8)(H,9,10);3H,1-2H3,(H,7,8);2-3H2,1H3,(H,7,8);(H,5,6)(H,7,8);4H,1H2,(H,6,7). The Kier molecular flexibility index (Phi) is 49.7. The first-order valence-corrected chi connectivity index (χ1v) is 21.5. The molecule has 0 spiro atoms. The summed E-state index contributed by atoms with van der Waals surface area (Å²) in [6, 6.07) is 12.4. The molecule has 0 bridgehead atoms. The van der Waals surface area contributed by atoms with Gasteiger partial charge in [-0.25, -0.2) is 38.4 Å². The van der Waals surface area contributed by atoms with E-state index in [1.54, 1.807) is 79.7 Å². The lowest BCUT2D eigenvalue weighted by Crippen LogP contribution is -2.27. The predicted molar refractivity (Wildman–Crippen MR) is 257 cm³/mol. The minimum Gasteiger partial charge on any atom is -0.481 e. The minimum absolute atomic E-state index is 0.0347. The van der Waals surface area contributed by atoms with Crippen LogP contribution in [0.3, 0.4) is 0 Å². The largest absolute Gasteiger partial charge is 0.481 e. The fourth-order valence-corrected chi connectivity index (χ4v) is 3.12. The van der Waals surface area contributed by atoms with Crippen LogP contribution in [0, 0.1) is 17.3 Å². The number of aliphatic carboxylic acids is 11. The van der Waals surface area contributed by atoms with Crippen LogP contribution in [0.15, 0.2) is 53.1 Å². The maximum absolute atomic E-state index is 10.6. The molecule has 0 amide bonds. The molecule has 0 fully saturated rings. The van der Waals surface area contributed by atoms with Crippen molar-refractivity contribution in [3.05, 3.63) is 60.1 Å². The molecule has 1 unspecified atom stereocenters. The smallest absolute Gasteiger partial charge is 0.384 e. The first kappa shape index (κ1) is 82.3. The Labute approximate surface area is 441 Å². The number of aliphatic hydroxyl groups excluding tert-OH is 1. The van der Waals surface area contributed by atoms with Crippen LogP contribution >= 0.6 is 0 Å². The summed E-state index contributed by atoms with van der Waals surface area (Å²) in [5, 5.41) is 95.5. The topological polar surface area (TPSA) is 563 Å². The van der Waals surface area contributed by atoms with Gasteiger partial charge in [0.2, 0.25) is 28.9 Å². The number of carboxylic acid groups (broad SMARTS) is 11. The second-order valence-corrected chi connectivity index (χ2v) is 15.3. The van der Waals surface area contributed by atoms with Crippen molar-refractivity contribution >= 4 is 106 Å². The van der Waals surface area contributed by atoms with E-state index in [1.165, 1.54) is 6.26 Å². The van der Waals surface area contributed by atoms with Crippen LogP contribution in [-0.4, -0.2) is 174 Å². The molecular weight excluding hydrogens is 1060 g/mol. The highest BCUT2D eigenvalue weighted by Crippen LogP contribution is 2.13. The third-order valence-corrected chi connectivity index (χ3v) is 7.28. The van der Waals surface area contributed by atoms with Crippen molar-refractivity contribution in [1.29, 1.82) is 0 Å². The van der Waals surface area contributed by atoms with E-state index in [1.807, 2.05) is 18.2 Å². The highest BCUT2D eigenvalue weighted by molar-refractivity contribution is 6.59. The molecule has 2 rings (SSSR count). The average Bonchev–Trinajstić information content (AvgIpc) is 3.85. The number of carbonyl (C=O) groups excluding carboxylic acids is 7. The summed E-state index contributed by atoms with van der Waals surface area (Å²) < 4.78 is 4.76. The Morgan fingerprint density at radius 3 is 1.05 bits per heavy atom. The molecular formula is C47H62O31. The second-order valence-electron chi connectivity index (χ2n) is 15.3. The van der Waals surface area contributed by atoms with E-state index in [2.05, 4.69) is 0 Å². The van der Waals surface area contributed by atoms with Crippen molar-refractivity contribution in [2.45, 2.75) is 100 Å². The summed E-state index contributed by atoms with van der Waals surface area (Å²) in [6.45, 7) is 12.1. The van der Waals surface area contributed by atoms with Gasteiger partial charge in [-0.2, -0.15) is 0 Å². The fraction of sp³-hybridized carbons (Fsp3) is 0.404. The number of carboxylic acids is 11. The number of benzene rings is 1. The van der Waals surface area contributed by atoms with Gasteiger partial charge in [-0.15, -0.1) is 0 Å². The van der Waals surface area contributed by atoms with Crippen LogP contribution in [0.2, 0.25) is 0 Å². The summed E-state index contributed by atoms with van der Waals surface area (Å²) in [6.07, 6.45) is 2.01. The number of aliphatic hydroxyl groups is 1. The highest BCUT2D eigenvalue weighted by atomic mass is 16.4. The normalized spacial score (nSPS) is 9.51. The molecule has 1 aromatic carbocycles. The van der Waals surface area contributed by atoms with E-state index in [4.69, 9.17) is 65.7 Å². The van der Waals surface area contributed by atoms with Gasteiger partial charge >= 0.3 is 71.4 Å². The van der Waals surface area contributed by atoms with Gasteiger partial charge in [0.05, 0.1) is 19.1 Å². The third kappa shape index (κ3) is 55.6. The third-order valence-electron chi connectivity index (χ3n) is 7.28. The molecule has 0 radical (unpaired) electrons. The van der Waals surface area contributed by atoms with Crippen molar-refractivity contribution in [3.63, 3.8) is 0 Å². The maximum Gasteiger partial charge on any atom is 0.384 e. The number of furan rings is 1. The molecule has 0 aliphatic rings. The number of Topliss-reactive ketones (excluding diaryl/α,β-unsaturated/α-hetero) is 7. The van der Waals surface area contributed by atoms with Crippen molar-refractivity contribution in [3.8, 4) is 0 Å². The second kappa shape index (κ2) is 47.1. The Morgan fingerprint density at radius 2 is 0.872 bits per heavy atom. The molecule has 12 N–H and O–H groups in total. The van der Waals surface area contributed by atoms with Gasteiger partial charge in [0, 0.05) is 30.1 Å². The number of ketones is 7. The molecule has 31 nitrogen and oxygen atoms in total. The lowest BCUT2D eigenvalue weighted by atomic mass is 9.91. The van der Waals surface area contributed by atoms with Gasteiger partial charge in [0.25, 0.3) is 5.78 Å². The predicted octanol–water partition coefficient (Wildman–Crippen LogP) is 1.19. The van der Waals surface area contributed by atoms with Gasteiger partial charge in [-0.1, -0.05) is 85.7 Å². The molecule has 436 valence electrons. The summed E-state index contributed by atoms with van der Waals surface area (Å²) in [7, 11) is 0. The zero-order valence-corrected chi connectivity index (χ0v) is 43.1. The summed E-state index contributed by atoms with van der Waals surface area (Å²) in [5.74, 6) is -22.5. The Hall–Kier alpha value is -9.68. The number of carbonyl (C=O) groups is 18. The molecule has 31 heteroatoms. The lowest BCUT2D eigenvalue weighted by Gasteiger charge is -2.11. The zero-order chi connectivity index (χ0) is 63.2. The molecule has 2 aromatic rings.